The molecule has 0 bridgehead atoms. The second kappa shape index (κ2) is 6.10. The van der Waals surface area contributed by atoms with E-state index in [0.717, 1.165) is 0 Å². The SMILES string of the molecule is O=C(COC(=O)c1cccs1)Nc1ccc(F)cc1. The van der Waals surface area contributed by atoms with Crippen LogP contribution in [0.15, 0.2) is 41.8 Å². The molecule has 1 aromatic heterocycles. The molecule has 0 aliphatic rings. The second-order valence-electron chi connectivity index (χ2n) is 3.61. The zero-order valence-electron chi connectivity index (χ0n) is 9.76. The van der Waals surface area contributed by atoms with Crippen molar-refractivity contribution < 1.29 is 18.7 Å². The van der Waals surface area contributed by atoms with Crippen LogP contribution in [0.1, 0.15) is 9.67 Å². The van der Waals surface area contributed by atoms with Crippen molar-refractivity contribution in [1.29, 1.82) is 0 Å². The molecule has 2 aromatic rings. The van der Waals surface area contributed by atoms with Gasteiger partial charge in [0.05, 0.1) is 0 Å². The lowest BCUT2D eigenvalue weighted by Gasteiger charge is -2.05. The Labute approximate surface area is 112 Å². The summed E-state index contributed by atoms with van der Waals surface area (Å²) in [6.07, 6.45) is 0. The Bertz CT molecular complexity index is 566. The van der Waals surface area contributed by atoms with Gasteiger partial charge in [-0.1, -0.05) is 6.07 Å². The van der Waals surface area contributed by atoms with Gasteiger partial charge >= 0.3 is 5.97 Å². The van der Waals surface area contributed by atoms with E-state index in [4.69, 9.17) is 4.74 Å². The maximum absolute atomic E-state index is 12.7. The summed E-state index contributed by atoms with van der Waals surface area (Å²) in [7, 11) is 0. The fourth-order valence-electron chi connectivity index (χ4n) is 1.33. The van der Waals surface area contributed by atoms with E-state index in [-0.39, 0.29) is 12.4 Å². The minimum atomic E-state index is -0.538. The van der Waals surface area contributed by atoms with Gasteiger partial charge in [-0.25, -0.2) is 9.18 Å². The first-order valence-electron chi connectivity index (χ1n) is 5.41. The van der Waals surface area contributed by atoms with Crippen LogP contribution in [0.3, 0.4) is 0 Å². The Balaban J connectivity index is 1.82. The van der Waals surface area contributed by atoms with Crippen molar-refractivity contribution in [2.24, 2.45) is 0 Å². The lowest BCUT2D eigenvalue weighted by molar-refractivity contribution is -0.119. The van der Waals surface area contributed by atoms with E-state index in [2.05, 4.69) is 5.32 Å². The van der Waals surface area contributed by atoms with Crippen molar-refractivity contribution >= 4 is 28.9 Å². The summed E-state index contributed by atoms with van der Waals surface area (Å²) in [6, 6.07) is 8.65. The number of esters is 1. The van der Waals surface area contributed by atoms with Crippen molar-refractivity contribution in [2.75, 3.05) is 11.9 Å². The molecule has 4 nitrogen and oxygen atoms in total. The van der Waals surface area contributed by atoms with E-state index in [9.17, 15) is 14.0 Å². The van der Waals surface area contributed by atoms with Gasteiger partial charge in [-0.3, -0.25) is 4.79 Å². The van der Waals surface area contributed by atoms with E-state index in [1.54, 1.807) is 17.5 Å². The fourth-order valence-corrected chi connectivity index (χ4v) is 1.94. The number of nitrogens with one attached hydrogen (secondary N) is 1. The van der Waals surface area contributed by atoms with Crippen LogP contribution in [0.25, 0.3) is 0 Å². The monoisotopic (exact) mass is 279 g/mol. The first-order valence-corrected chi connectivity index (χ1v) is 6.29. The number of rotatable bonds is 4. The average molecular weight is 279 g/mol. The minimum Gasteiger partial charge on any atom is -0.451 e. The molecule has 0 saturated carbocycles. The van der Waals surface area contributed by atoms with Crippen molar-refractivity contribution in [3.05, 3.63) is 52.5 Å². The topological polar surface area (TPSA) is 55.4 Å². The summed E-state index contributed by atoms with van der Waals surface area (Å²) in [6.45, 7) is -0.381. The Morgan fingerprint density at radius 2 is 1.95 bits per heavy atom. The lowest BCUT2D eigenvalue weighted by atomic mass is 10.3. The van der Waals surface area contributed by atoms with Gasteiger partial charge in [-0.05, 0) is 35.7 Å². The zero-order chi connectivity index (χ0) is 13.7. The zero-order valence-corrected chi connectivity index (χ0v) is 10.6. The Morgan fingerprint density at radius 1 is 1.21 bits per heavy atom. The van der Waals surface area contributed by atoms with Gasteiger partial charge in [0.15, 0.2) is 6.61 Å². The van der Waals surface area contributed by atoms with E-state index < -0.39 is 11.9 Å². The van der Waals surface area contributed by atoms with E-state index in [1.807, 2.05) is 0 Å². The van der Waals surface area contributed by atoms with Crippen LogP contribution < -0.4 is 5.32 Å². The lowest BCUT2D eigenvalue weighted by Crippen LogP contribution is -2.20. The summed E-state index contributed by atoms with van der Waals surface area (Å²) >= 11 is 1.24. The quantitative estimate of drug-likeness (QED) is 0.875. The molecular formula is C13H10FNO3S. The molecule has 0 aliphatic carbocycles. The summed E-state index contributed by atoms with van der Waals surface area (Å²) < 4.78 is 17.5. The largest absolute Gasteiger partial charge is 0.451 e. The van der Waals surface area contributed by atoms with Gasteiger partial charge in [-0.15, -0.1) is 11.3 Å². The molecule has 0 saturated heterocycles. The molecule has 6 heteroatoms. The van der Waals surface area contributed by atoms with Crippen molar-refractivity contribution in [1.82, 2.24) is 0 Å². The average Bonchev–Trinajstić information content (AvgIpc) is 2.93. The maximum atomic E-state index is 12.7. The third-order valence-corrected chi connectivity index (χ3v) is 3.03. The molecule has 1 heterocycles. The number of anilines is 1. The highest BCUT2D eigenvalue weighted by Crippen LogP contribution is 2.10. The predicted octanol–water partition coefficient (Wildman–Crippen LogP) is 2.68. The van der Waals surface area contributed by atoms with Gasteiger partial charge in [0.25, 0.3) is 5.91 Å². The normalized spacial score (nSPS) is 9.95. The Kier molecular flexibility index (Phi) is 4.25. The first kappa shape index (κ1) is 13.2. The molecule has 0 radical (unpaired) electrons. The number of hydrogen-bond donors (Lipinski definition) is 1. The highest BCUT2D eigenvalue weighted by molar-refractivity contribution is 7.11. The molecule has 0 aliphatic heterocycles. The second-order valence-corrected chi connectivity index (χ2v) is 4.56. The minimum absolute atomic E-state index is 0.381. The number of carbonyl (C=O) groups excluding carboxylic acids is 2. The predicted molar refractivity (Wildman–Crippen MR) is 69.6 cm³/mol. The van der Waals surface area contributed by atoms with Crippen LogP contribution >= 0.6 is 11.3 Å². The highest BCUT2D eigenvalue weighted by Gasteiger charge is 2.10. The van der Waals surface area contributed by atoms with Gasteiger partial charge < -0.3 is 10.1 Å². The van der Waals surface area contributed by atoms with Crippen LogP contribution in [-0.2, 0) is 9.53 Å². The number of halogens is 1. The fraction of sp³-hybridized carbons (Fsp3) is 0.0769. The number of ether oxygens (including phenoxy) is 1. The van der Waals surface area contributed by atoms with Gasteiger partial charge in [0.2, 0.25) is 0 Å². The van der Waals surface area contributed by atoms with E-state index in [0.29, 0.717) is 10.6 Å². The molecule has 98 valence electrons. The maximum Gasteiger partial charge on any atom is 0.348 e. The van der Waals surface area contributed by atoms with Crippen LogP contribution in [0.5, 0.6) is 0 Å². The van der Waals surface area contributed by atoms with Gasteiger partial charge in [0.1, 0.15) is 10.7 Å². The summed E-state index contributed by atoms with van der Waals surface area (Å²) in [5.41, 5.74) is 0.443. The van der Waals surface area contributed by atoms with Crippen molar-refractivity contribution in [3.63, 3.8) is 0 Å². The smallest absolute Gasteiger partial charge is 0.348 e. The van der Waals surface area contributed by atoms with Crippen LogP contribution in [-0.4, -0.2) is 18.5 Å². The number of hydrogen-bond acceptors (Lipinski definition) is 4. The molecule has 2 rings (SSSR count). The first-order chi connectivity index (χ1) is 9.15. The van der Waals surface area contributed by atoms with E-state index >= 15 is 0 Å². The summed E-state index contributed by atoms with van der Waals surface area (Å²) in [5, 5.41) is 4.24. The number of thiophene rings is 1. The van der Waals surface area contributed by atoms with Crippen molar-refractivity contribution in [2.45, 2.75) is 0 Å². The van der Waals surface area contributed by atoms with Crippen LogP contribution in [0, 0.1) is 5.82 Å². The van der Waals surface area contributed by atoms with Gasteiger partial charge in [0, 0.05) is 5.69 Å². The molecular weight excluding hydrogens is 269 g/mol. The standard InChI is InChI=1S/C13H10FNO3S/c14-9-3-5-10(6-4-9)15-12(16)8-18-13(17)11-2-1-7-19-11/h1-7H,8H2,(H,15,16). The number of benzene rings is 1. The van der Waals surface area contributed by atoms with Crippen LogP contribution in [0.4, 0.5) is 10.1 Å². The van der Waals surface area contributed by atoms with Crippen LogP contribution in [0.2, 0.25) is 0 Å². The third kappa shape index (κ3) is 3.89. The molecule has 19 heavy (non-hydrogen) atoms. The Morgan fingerprint density at radius 3 is 2.58 bits per heavy atom. The summed E-state index contributed by atoms with van der Waals surface area (Å²) in [4.78, 5) is 23.4. The Hall–Kier alpha value is -2.21. The van der Waals surface area contributed by atoms with Crippen molar-refractivity contribution in [3.8, 4) is 0 Å². The molecule has 0 unspecified atom stereocenters. The van der Waals surface area contributed by atoms with Gasteiger partial charge in [-0.2, -0.15) is 0 Å². The molecule has 0 atom stereocenters. The molecule has 0 fully saturated rings. The van der Waals surface area contributed by atoms with E-state index in [1.165, 1.54) is 35.6 Å². The molecule has 1 N–H and O–H groups in total. The molecule has 1 amide bonds. The molecule has 0 spiro atoms. The highest BCUT2D eigenvalue weighted by atomic mass is 32.1. The molecule has 1 aromatic carbocycles. The summed E-state index contributed by atoms with van der Waals surface area (Å²) in [5.74, 6) is -1.40. The number of carbonyl (C=O) groups is 2. The number of amides is 1. The third-order valence-electron chi connectivity index (χ3n) is 2.18.